The van der Waals surface area contributed by atoms with Gasteiger partial charge in [0.2, 0.25) is 10.0 Å². The van der Waals surface area contributed by atoms with Gasteiger partial charge in [0.15, 0.2) is 0 Å². The van der Waals surface area contributed by atoms with Crippen LogP contribution in [0.4, 0.5) is 0 Å². The predicted molar refractivity (Wildman–Crippen MR) is 105 cm³/mol. The van der Waals surface area contributed by atoms with Crippen LogP contribution in [0.5, 0.6) is 5.75 Å². The fraction of sp³-hybridized carbons (Fsp3) is 0.286. The van der Waals surface area contributed by atoms with Gasteiger partial charge in [-0.15, -0.1) is 0 Å². The molecule has 2 aromatic carbocycles. The molecule has 1 aliphatic rings. The Kier molecular flexibility index (Phi) is 4.61. The van der Waals surface area contributed by atoms with Crippen molar-refractivity contribution in [1.82, 2.24) is 9.29 Å². The van der Waals surface area contributed by atoms with Crippen LogP contribution in [0.2, 0.25) is 0 Å². The maximum absolute atomic E-state index is 13.0. The lowest BCUT2D eigenvalue weighted by molar-refractivity contribution is 0.218. The van der Waals surface area contributed by atoms with Crippen molar-refractivity contribution in [3.05, 3.63) is 65.9 Å². The Balaban J connectivity index is 1.53. The smallest absolute Gasteiger partial charge is 0.243 e. The fourth-order valence-electron chi connectivity index (χ4n) is 3.39. The Morgan fingerprint density at radius 2 is 1.89 bits per heavy atom. The number of nitrogens with zero attached hydrogens (tertiary/aromatic N) is 2. The van der Waals surface area contributed by atoms with Crippen molar-refractivity contribution in [1.29, 1.82) is 0 Å². The summed E-state index contributed by atoms with van der Waals surface area (Å²) in [6.45, 7) is 4.71. The Bertz CT molecular complexity index is 1090. The van der Waals surface area contributed by atoms with Gasteiger partial charge >= 0.3 is 0 Å². The van der Waals surface area contributed by atoms with E-state index in [-0.39, 0.29) is 6.10 Å². The third kappa shape index (κ3) is 3.42. The van der Waals surface area contributed by atoms with Gasteiger partial charge in [0.05, 0.1) is 11.4 Å². The topological polar surface area (TPSA) is 59.5 Å². The molecule has 140 valence electrons. The van der Waals surface area contributed by atoms with Crippen LogP contribution in [0.1, 0.15) is 17.5 Å². The van der Waals surface area contributed by atoms with Crippen molar-refractivity contribution in [2.75, 3.05) is 13.1 Å². The molecule has 0 aliphatic carbocycles. The lowest BCUT2D eigenvalue weighted by Gasteiger charge is -2.18. The summed E-state index contributed by atoms with van der Waals surface area (Å²) >= 11 is 0. The molecule has 1 unspecified atom stereocenters. The van der Waals surface area contributed by atoms with Crippen molar-refractivity contribution < 1.29 is 13.2 Å². The van der Waals surface area contributed by atoms with Crippen molar-refractivity contribution in [3.8, 4) is 5.75 Å². The molecular formula is C21H22N2O3S. The van der Waals surface area contributed by atoms with Crippen LogP contribution in [0, 0.1) is 13.8 Å². The van der Waals surface area contributed by atoms with Crippen LogP contribution in [-0.2, 0) is 10.0 Å². The van der Waals surface area contributed by atoms with Crippen molar-refractivity contribution >= 4 is 20.9 Å². The summed E-state index contributed by atoms with van der Waals surface area (Å²) in [4.78, 5) is 4.75. The number of aromatic nitrogens is 1. The summed E-state index contributed by atoms with van der Waals surface area (Å²) < 4.78 is 33.6. The molecule has 1 saturated heterocycles. The first-order valence-electron chi connectivity index (χ1n) is 9.03. The average Bonchev–Trinajstić information content (AvgIpc) is 3.14. The summed E-state index contributed by atoms with van der Waals surface area (Å²) in [5.74, 6) is 0.698. The first-order chi connectivity index (χ1) is 12.9. The summed E-state index contributed by atoms with van der Waals surface area (Å²) in [6.07, 6.45) is 2.21. The molecule has 6 heteroatoms. The van der Waals surface area contributed by atoms with Gasteiger partial charge in [-0.1, -0.05) is 24.3 Å². The number of fused-ring (bicyclic) bond motifs is 1. The molecule has 1 atom stereocenters. The van der Waals surface area contributed by atoms with E-state index in [0.29, 0.717) is 30.2 Å². The van der Waals surface area contributed by atoms with Gasteiger partial charge in [-0.25, -0.2) is 8.42 Å². The lowest BCUT2D eigenvalue weighted by atomic mass is 10.1. The number of hydrogen-bond donors (Lipinski definition) is 0. The number of hydrogen-bond acceptors (Lipinski definition) is 4. The van der Waals surface area contributed by atoms with Crippen molar-refractivity contribution in [2.24, 2.45) is 0 Å². The number of benzene rings is 2. The molecular weight excluding hydrogens is 360 g/mol. The number of sulfonamides is 1. The highest BCUT2D eigenvalue weighted by molar-refractivity contribution is 7.89. The SMILES string of the molecule is Cc1ccc(S(=O)(=O)N2CCC(Oc3cccc4cccnc34)C2)cc1C. The highest BCUT2D eigenvalue weighted by Crippen LogP contribution is 2.28. The summed E-state index contributed by atoms with van der Waals surface area (Å²) in [7, 11) is -3.51. The van der Waals surface area contributed by atoms with Gasteiger partial charge in [0, 0.05) is 18.1 Å². The van der Waals surface area contributed by atoms with Crippen LogP contribution < -0.4 is 4.74 Å². The van der Waals surface area contributed by atoms with Gasteiger partial charge < -0.3 is 4.74 Å². The maximum atomic E-state index is 13.0. The first-order valence-corrected chi connectivity index (χ1v) is 10.5. The number of pyridine rings is 1. The number of aryl methyl sites for hydroxylation is 2. The molecule has 1 fully saturated rings. The molecule has 0 N–H and O–H groups in total. The number of para-hydroxylation sites is 1. The zero-order valence-electron chi connectivity index (χ0n) is 15.4. The summed E-state index contributed by atoms with van der Waals surface area (Å²) in [5, 5.41) is 1.01. The Hall–Kier alpha value is -2.44. The molecule has 5 nitrogen and oxygen atoms in total. The average molecular weight is 382 g/mol. The van der Waals surface area contributed by atoms with Crippen molar-refractivity contribution in [2.45, 2.75) is 31.3 Å². The van der Waals surface area contributed by atoms with E-state index in [1.165, 1.54) is 4.31 Å². The highest BCUT2D eigenvalue weighted by atomic mass is 32.2. The largest absolute Gasteiger partial charge is 0.487 e. The van der Waals surface area contributed by atoms with E-state index in [1.54, 1.807) is 18.3 Å². The molecule has 0 radical (unpaired) electrons. The molecule has 0 saturated carbocycles. The van der Waals surface area contributed by atoms with E-state index >= 15 is 0 Å². The lowest BCUT2D eigenvalue weighted by Crippen LogP contribution is -2.31. The Morgan fingerprint density at radius 3 is 2.70 bits per heavy atom. The van der Waals surface area contributed by atoms with Crippen LogP contribution in [0.15, 0.2) is 59.6 Å². The number of rotatable bonds is 4. The van der Waals surface area contributed by atoms with E-state index in [2.05, 4.69) is 4.98 Å². The molecule has 0 amide bonds. The van der Waals surface area contributed by atoms with E-state index in [1.807, 2.05) is 50.2 Å². The Morgan fingerprint density at radius 1 is 1.07 bits per heavy atom. The highest BCUT2D eigenvalue weighted by Gasteiger charge is 2.34. The second-order valence-corrected chi connectivity index (χ2v) is 8.91. The van der Waals surface area contributed by atoms with Crippen LogP contribution in [-0.4, -0.2) is 36.9 Å². The zero-order valence-corrected chi connectivity index (χ0v) is 16.2. The van der Waals surface area contributed by atoms with E-state index < -0.39 is 10.0 Å². The molecule has 2 heterocycles. The molecule has 0 spiro atoms. The van der Waals surface area contributed by atoms with Gasteiger partial charge in [0.25, 0.3) is 0 Å². The predicted octanol–water partition coefficient (Wildman–Crippen LogP) is 3.69. The van der Waals surface area contributed by atoms with Crippen LogP contribution in [0.3, 0.4) is 0 Å². The zero-order chi connectivity index (χ0) is 19.0. The molecule has 4 rings (SSSR count). The monoisotopic (exact) mass is 382 g/mol. The van der Waals surface area contributed by atoms with Gasteiger partial charge in [-0.3, -0.25) is 4.98 Å². The minimum Gasteiger partial charge on any atom is -0.487 e. The van der Waals surface area contributed by atoms with Gasteiger partial charge in [0.1, 0.15) is 17.4 Å². The van der Waals surface area contributed by atoms with E-state index in [4.69, 9.17) is 4.74 Å². The summed E-state index contributed by atoms with van der Waals surface area (Å²) in [6, 6.07) is 15.0. The third-order valence-electron chi connectivity index (χ3n) is 5.11. The first kappa shape index (κ1) is 17.9. The van der Waals surface area contributed by atoms with Gasteiger partial charge in [-0.05, 0) is 55.7 Å². The second-order valence-electron chi connectivity index (χ2n) is 6.97. The third-order valence-corrected chi connectivity index (χ3v) is 6.97. The van der Waals surface area contributed by atoms with Crippen LogP contribution in [0.25, 0.3) is 10.9 Å². The van der Waals surface area contributed by atoms with E-state index in [0.717, 1.165) is 22.0 Å². The van der Waals surface area contributed by atoms with Crippen molar-refractivity contribution in [3.63, 3.8) is 0 Å². The molecule has 1 aromatic heterocycles. The molecule has 27 heavy (non-hydrogen) atoms. The minimum atomic E-state index is -3.51. The van der Waals surface area contributed by atoms with Crippen LogP contribution >= 0.6 is 0 Å². The fourth-order valence-corrected chi connectivity index (χ4v) is 4.96. The normalized spacial score (nSPS) is 18.1. The second kappa shape index (κ2) is 6.94. The van der Waals surface area contributed by atoms with Gasteiger partial charge in [-0.2, -0.15) is 4.31 Å². The molecule has 1 aliphatic heterocycles. The standard InChI is InChI=1S/C21H22N2O3S/c1-15-8-9-19(13-16(15)2)27(24,25)23-12-10-18(14-23)26-20-7-3-5-17-6-4-11-22-21(17)20/h3-9,11,13,18H,10,12,14H2,1-2H3. The van der Waals surface area contributed by atoms with E-state index in [9.17, 15) is 8.42 Å². The molecule has 3 aromatic rings. The molecule has 0 bridgehead atoms. The summed E-state index contributed by atoms with van der Waals surface area (Å²) in [5.41, 5.74) is 2.86. The number of ether oxygens (including phenoxy) is 1. The maximum Gasteiger partial charge on any atom is 0.243 e. The minimum absolute atomic E-state index is 0.182. The Labute approximate surface area is 159 Å². The quantitative estimate of drug-likeness (QED) is 0.690.